The summed E-state index contributed by atoms with van der Waals surface area (Å²) in [7, 11) is 0. The Morgan fingerprint density at radius 3 is 1.82 bits per heavy atom. The van der Waals surface area contributed by atoms with Gasteiger partial charge in [-0.25, -0.2) is 4.98 Å². The van der Waals surface area contributed by atoms with E-state index in [4.69, 9.17) is 4.98 Å². The van der Waals surface area contributed by atoms with Crippen molar-refractivity contribution >= 4 is 32.3 Å². The van der Waals surface area contributed by atoms with Crippen molar-refractivity contribution in [3.63, 3.8) is 0 Å². The third-order valence-electron chi connectivity index (χ3n) is 9.70. The van der Waals surface area contributed by atoms with Gasteiger partial charge in [-0.15, -0.1) is 0 Å². The number of benzene rings is 7. The van der Waals surface area contributed by atoms with Gasteiger partial charge >= 0.3 is 0 Å². The van der Waals surface area contributed by atoms with E-state index in [0.717, 1.165) is 17.1 Å². The molecule has 1 heterocycles. The lowest BCUT2D eigenvalue weighted by molar-refractivity contribution is 0.661. The largest absolute Gasteiger partial charge is 0.300 e. The molecule has 0 saturated carbocycles. The second kappa shape index (κ2) is 9.26. The monoisotopic (exact) mass is 562 g/mol. The molecule has 2 heteroatoms. The van der Waals surface area contributed by atoms with Crippen LogP contribution < -0.4 is 0 Å². The summed E-state index contributed by atoms with van der Waals surface area (Å²) in [6.45, 7) is 4.73. The molecule has 0 spiro atoms. The highest BCUT2D eigenvalue weighted by Gasteiger charge is 2.37. The average Bonchev–Trinajstić information content (AvgIpc) is 3.66. The molecule has 0 N–H and O–H groups in total. The number of imidazole rings is 1. The Balaban J connectivity index is 1.25. The highest BCUT2D eigenvalue weighted by Crippen LogP contribution is 2.54. The molecule has 0 radical (unpaired) electrons. The molecule has 0 atom stereocenters. The second-order valence-corrected chi connectivity index (χ2v) is 12.4. The molecule has 0 saturated heterocycles. The standard InChI is InChI=1S/C42H30N2/c1-42(2)37-22-18-29(41-43-24-25-44(41)30-19-16-28(17-20-30)27-10-4-3-5-11-27)26-36(37)40-38(42)23-21-35-33-14-7-6-12-31(33)32-13-8-9-15-34(32)39(35)40/h3-26H,1-2H3. The van der Waals surface area contributed by atoms with E-state index < -0.39 is 0 Å². The summed E-state index contributed by atoms with van der Waals surface area (Å²) < 4.78 is 2.20. The van der Waals surface area contributed by atoms with E-state index >= 15 is 0 Å². The minimum Gasteiger partial charge on any atom is -0.300 e. The summed E-state index contributed by atoms with van der Waals surface area (Å²) in [6, 6.07) is 48.7. The quantitative estimate of drug-likeness (QED) is 0.196. The van der Waals surface area contributed by atoms with Gasteiger partial charge in [0.15, 0.2) is 0 Å². The molecule has 1 aliphatic rings. The number of fused-ring (bicyclic) bond motifs is 10. The van der Waals surface area contributed by atoms with Gasteiger partial charge in [0, 0.05) is 29.1 Å². The van der Waals surface area contributed by atoms with Gasteiger partial charge in [0.1, 0.15) is 5.82 Å². The summed E-state index contributed by atoms with van der Waals surface area (Å²) in [5.74, 6) is 0.946. The maximum absolute atomic E-state index is 4.88. The molecule has 1 aliphatic carbocycles. The summed E-state index contributed by atoms with van der Waals surface area (Å²) in [4.78, 5) is 4.88. The molecule has 208 valence electrons. The maximum Gasteiger partial charge on any atom is 0.144 e. The van der Waals surface area contributed by atoms with Gasteiger partial charge in [-0.1, -0.05) is 129 Å². The van der Waals surface area contributed by atoms with E-state index in [2.05, 4.69) is 158 Å². The SMILES string of the molecule is CC1(C)c2ccc(-c3nccn3-c3ccc(-c4ccccc4)cc3)cc2-c2c1ccc1c3ccccc3c3ccccc3c21. The molecule has 8 aromatic rings. The number of hydrogen-bond acceptors (Lipinski definition) is 1. The van der Waals surface area contributed by atoms with Gasteiger partial charge in [-0.3, -0.25) is 4.57 Å². The van der Waals surface area contributed by atoms with E-state index in [0.29, 0.717) is 0 Å². The Hall–Kier alpha value is -5.47. The number of aromatic nitrogens is 2. The molecule has 0 fully saturated rings. The van der Waals surface area contributed by atoms with Crippen LogP contribution in [0.2, 0.25) is 0 Å². The second-order valence-electron chi connectivity index (χ2n) is 12.4. The van der Waals surface area contributed by atoms with E-state index in [-0.39, 0.29) is 5.41 Å². The lowest BCUT2D eigenvalue weighted by atomic mass is 9.81. The first kappa shape index (κ1) is 25.1. The van der Waals surface area contributed by atoms with Crippen LogP contribution in [0.3, 0.4) is 0 Å². The average molecular weight is 563 g/mol. The molecule has 1 aromatic heterocycles. The lowest BCUT2D eigenvalue weighted by Crippen LogP contribution is -2.14. The van der Waals surface area contributed by atoms with Gasteiger partial charge in [-0.05, 0) is 83.9 Å². The molecular formula is C42H30N2. The molecular weight excluding hydrogens is 532 g/mol. The van der Waals surface area contributed by atoms with Crippen molar-refractivity contribution < 1.29 is 0 Å². The van der Waals surface area contributed by atoms with Crippen LogP contribution in [-0.2, 0) is 5.41 Å². The smallest absolute Gasteiger partial charge is 0.144 e. The zero-order valence-electron chi connectivity index (χ0n) is 24.8. The summed E-state index contributed by atoms with van der Waals surface area (Å²) in [5.41, 5.74) is 9.96. The molecule has 2 nitrogen and oxygen atoms in total. The maximum atomic E-state index is 4.88. The predicted octanol–water partition coefficient (Wildman–Crippen LogP) is 11.0. The van der Waals surface area contributed by atoms with Crippen molar-refractivity contribution in [3.8, 4) is 39.3 Å². The molecule has 0 unspecified atom stereocenters. The topological polar surface area (TPSA) is 17.8 Å². The first-order chi connectivity index (χ1) is 21.6. The van der Waals surface area contributed by atoms with Crippen LogP contribution in [-0.4, -0.2) is 9.55 Å². The minimum atomic E-state index is -0.104. The van der Waals surface area contributed by atoms with Crippen molar-refractivity contribution in [2.75, 3.05) is 0 Å². The number of nitrogens with zero attached hydrogens (tertiary/aromatic N) is 2. The van der Waals surface area contributed by atoms with Crippen molar-refractivity contribution in [3.05, 3.63) is 157 Å². The zero-order chi connectivity index (χ0) is 29.4. The van der Waals surface area contributed by atoms with Crippen LogP contribution in [0, 0.1) is 0 Å². The normalized spacial score (nSPS) is 13.4. The van der Waals surface area contributed by atoms with E-state index in [1.165, 1.54) is 65.7 Å². The highest BCUT2D eigenvalue weighted by molar-refractivity contribution is 6.29. The first-order valence-corrected chi connectivity index (χ1v) is 15.3. The fourth-order valence-electron chi connectivity index (χ4n) is 7.55. The Labute approximate surface area is 256 Å². The van der Waals surface area contributed by atoms with Gasteiger partial charge in [-0.2, -0.15) is 0 Å². The fourth-order valence-corrected chi connectivity index (χ4v) is 7.55. The Morgan fingerprint density at radius 2 is 1.09 bits per heavy atom. The van der Waals surface area contributed by atoms with Crippen molar-refractivity contribution in [2.45, 2.75) is 19.3 Å². The molecule has 0 amide bonds. The Morgan fingerprint density at radius 1 is 0.523 bits per heavy atom. The highest BCUT2D eigenvalue weighted by atomic mass is 15.1. The number of hydrogen-bond donors (Lipinski definition) is 0. The van der Waals surface area contributed by atoms with Crippen LogP contribution in [0.15, 0.2) is 146 Å². The van der Waals surface area contributed by atoms with E-state index in [9.17, 15) is 0 Å². The van der Waals surface area contributed by atoms with E-state index in [1.54, 1.807) is 0 Å². The molecule has 44 heavy (non-hydrogen) atoms. The van der Waals surface area contributed by atoms with Gasteiger partial charge in [0.05, 0.1) is 0 Å². The molecule has 7 aromatic carbocycles. The van der Waals surface area contributed by atoms with Crippen LogP contribution in [0.1, 0.15) is 25.0 Å². The Kier molecular flexibility index (Phi) is 5.28. The predicted molar refractivity (Wildman–Crippen MR) is 185 cm³/mol. The summed E-state index contributed by atoms with van der Waals surface area (Å²) >= 11 is 0. The number of rotatable bonds is 3. The first-order valence-electron chi connectivity index (χ1n) is 15.3. The fraction of sp³-hybridized carbons (Fsp3) is 0.0714. The Bertz CT molecular complexity index is 2360. The summed E-state index contributed by atoms with van der Waals surface area (Å²) in [6.07, 6.45) is 3.97. The van der Waals surface area contributed by atoms with Crippen molar-refractivity contribution in [1.82, 2.24) is 9.55 Å². The van der Waals surface area contributed by atoms with Crippen LogP contribution in [0.5, 0.6) is 0 Å². The molecule has 9 rings (SSSR count). The van der Waals surface area contributed by atoms with Gasteiger partial charge in [0.25, 0.3) is 0 Å². The van der Waals surface area contributed by atoms with Crippen LogP contribution >= 0.6 is 0 Å². The van der Waals surface area contributed by atoms with E-state index in [1.807, 2.05) is 6.20 Å². The van der Waals surface area contributed by atoms with Crippen molar-refractivity contribution in [1.29, 1.82) is 0 Å². The third-order valence-corrected chi connectivity index (χ3v) is 9.70. The van der Waals surface area contributed by atoms with Gasteiger partial charge in [0.2, 0.25) is 0 Å². The van der Waals surface area contributed by atoms with Gasteiger partial charge < -0.3 is 0 Å². The summed E-state index contributed by atoms with van der Waals surface area (Å²) in [5, 5.41) is 7.89. The minimum absolute atomic E-state index is 0.104. The van der Waals surface area contributed by atoms with Crippen LogP contribution in [0.25, 0.3) is 71.6 Å². The third kappa shape index (κ3) is 3.52. The van der Waals surface area contributed by atoms with Crippen molar-refractivity contribution in [2.24, 2.45) is 0 Å². The lowest BCUT2D eigenvalue weighted by Gasteiger charge is -2.22. The molecule has 0 bridgehead atoms. The zero-order valence-corrected chi connectivity index (χ0v) is 24.8. The molecule has 0 aliphatic heterocycles. The van der Waals surface area contributed by atoms with Crippen LogP contribution in [0.4, 0.5) is 0 Å².